The van der Waals surface area contributed by atoms with Crippen LogP contribution in [-0.4, -0.2) is 17.0 Å². The van der Waals surface area contributed by atoms with E-state index in [4.69, 9.17) is 0 Å². The highest BCUT2D eigenvalue weighted by Gasteiger charge is 2.31. The second kappa shape index (κ2) is 5.24. The maximum Gasteiger partial charge on any atom is 0.416 e. The summed E-state index contributed by atoms with van der Waals surface area (Å²) in [5.41, 5.74) is -1.48. The van der Waals surface area contributed by atoms with Crippen LogP contribution < -0.4 is 10.9 Å². The highest BCUT2D eigenvalue weighted by Crippen LogP contribution is 2.28. The Hall–Kier alpha value is -1.79. The number of carbonyl (C=O) groups excluding carboxylic acids is 1. The molecule has 1 amide bonds. The minimum atomic E-state index is -4.53. The molecule has 4 nitrogen and oxygen atoms in total. The molecule has 0 spiro atoms. The number of alkyl halides is 3. The van der Waals surface area contributed by atoms with E-state index in [1.165, 1.54) is 18.4 Å². The normalized spacial score (nSPS) is 11.4. The van der Waals surface area contributed by atoms with Crippen LogP contribution >= 0.6 is 0 Å². The van der Waals surface area contributed by atoms with E-state index < -0.39 is 17.3 Å². The Morgan fingerprint density at radius 3 is 2.44 bits per heavy atom. The molecule has 0 atom stereocenters. The lowest BCUT2D eigenvalue weighted by Crippen LogP contribution is -2.31. The van der Waals surface area contributed by atoms with Crippen LogP contribution in [0.15, 0.2) is 16.9 Å². The summed E-state index contributed by atoms with van der Waals surface area (Å²) in [6.45, 7) is 3.08. The van der Waals surface area contributed by atoms with Crippen molar-refractivity contribution < 1.29 is 18.0 Å². The van der Waals surface area contributed by atoms with E-state index in [-0.39, 0.29) is 24.7 Å². The molecule has 0 aliphatic carbocycles. The van der Waals surface area contributed by atoms with Crippen molar-refractivity contribution in [3.63, 3.8) is 0 Å². The van der Waals surface area contributed by atoms with Crippen molar-refractivity contribution in [3.05, 3.63) is 33.7 Å². The number of hydrogen-bond donors (Lipinski definition) is 1. The number of pyridine rings is 1. The average Bonchev–Trinajstić information content (AvgIpc) is 2.20. The highest BCUT2D eigenvalue weighted by molar-refractivity contribution is 5.72. The van der Waals surface area contributed by atoms with Crippen LogP contribution in [0.2, 0.25) is 0 Å². The molecule has 1 aromatic rings. The Labute approximate surface area is 101 Å². The zero-order valence-corrected chi connectivity index (χ0v) is 9.97. The van der Waals surface area contributed by atoms with Gasteiger partial charge in [-0.2, -0.15) is 13.2 Å². The second-order valence-electron chi connectivity index (χ2n) is 3.86. The molecule has 0 saturated heterocycles. The van der Waals surface area contributed by atoms with Crippen LogP contribution in [-0.2, 0) is 17.5 Å². The lowest BCUT2D eigenvalue weighted by Gasteiger charge is -2.13. The molecular weight excluding hydrogens is 249 g/mol. The van der Waals surface area contributed by atoms with Crippen molar-refractivity contribution in [2.24, 2.45) is 0 Å². The van der Waals surface area contributed by atoms with Crippen LogP contribution in [0.25, 0.3) is 0 Å². The van der Waals surface area contributed by atoms with Gasteiger partial charge in [-0.1, -0.05) is 0 Å². The van der Waals surface area contributed by atoms with Gasteiger partial charge in [0.25, 0.3) is 5.56 Å². The summed E-state index contributed by atoms with van der Waals surface area (Å²) in [5.74, 6) is -0.257. The zero-order chi connectivity index (χ0) is 13.9. The number of nitrogens with zero attached hydrogens (tertiary/aromatic N) is 1. The molecule has 1 aromatic heterocycles. The van der Waals surface area contributed by atoms with Gasteiger partial charge < -0.3 is 9.88 Å². The molecule has 0 radical (unpaired) electrons. The Morgan fingerprint density at radius 2 is 2.00 bits per heavy atom. The van der Waals surface area contributed by atoms with E-state index >= 15 is 0 Å². The minimum absolute atomic E-state index is 0.141. The lowest BCUT2D eigenvalue weighted by atomic mass is 10.2. The first-order valence-corrected chi connectivity index (χ1v) is 5.25. The molecule has 1 heterocycles. The van der Waals surface area contributed by atoms with Crippen LogP contribution in [0.3, 0.4) is 0 Å². The molecular formula is C11H13F3N2O2. The SMILES string of the molecule is CC(=O)NCCn1c(C)cc(C(F)(F)F)cc1=O. The first-order valence-electron chi connectivity index (χ1n) is 5.25. The van der Waals surface area contributed by atoms with E-state index in [1.807, 2.05) is 0 Å². The average molecular weight is 262 g/mol. The molecule has 0 saturated carbocycles. The Kier molecular flexibility index (Phi) is 4.15. The molecule has 100 valence electrons. The van der Waals surface area contributed by atoms with Crippen LogP contribution in [0.1, 0.15) is 18.2 Å². The van der Waals surface area contributed by atoms with Gasteiger partial charge in [-0.25, -0.2) is 0 Å². The fourth-order valence-electron chi connectivity index (χ4n) is 1.52. The van der Waals surface area contributed by atoms with Gasteiger partial charge in [-0.05, 0) is 13.0 Å². The van der Waals surface area contributed by atoms with Crippen LogP contribution in [0.4, 0.5) is 13.2 Å². The van der Waals surface area contributed by atoms with Gasteiger partial charge in [0.15, 0.2) is 0 Å². The quantitative estimate of drug-likeness (QED) is 0.893. The van der Waals surface area contributed by atoms with Crippen LogP contribution in [0, 0.1) is 6.92 Å². The van der Waals surface area contributed by atoms with Gasteiger partial charge in [0.1, 0.15) is 0 Å². The first-order chi connectivity index (χ1) is 8.21. The van der Waals surface area contributed by atoms with Crippen molar-refractivity contribution in [2.45, 2.75) is 26.6 Å². The monoisotopic (exact) mass is 262 g/mol. The van der Waals surface area contributed by atoms with E-state index in [0.29, 0.717) is 6.07 Å². The molecule has 0 fully saturated rings. The summed E-state index contributed by atoms with van der Waals surface area (Å²) in [4.78, 5) is 22.2. The summed E-state index contributed by atoms with van der Waals surface area (Å²) in [5, 5.41) is 2.47. The number of amides is 1. The molecule has 1 rings (SSSR count). The fraction of sp³-hybridized carbons (Fsp3) is 0.455. The molecule has 7 heteroatoms. The predicted molar refractivity (Wildman–Crippen MR) is 59.1 cm³/mol. The molecule has 0 aliphatic heterocycles. The number of hydrogen-bond acceptors (Lipinski definition) is 2. The summed E-state index contributed by atoms with van der Waals surface area (Å²) in [7, 11) is 0. The van der Waals surface area contributed by atoms with E-state index in [9.17, 15) is 22.8 Å². The largest absolute Gasteiger partial charge is 0.416 e. The standard InChI is InChI=1S/C11H13F3N2O2/c1-7-5-9(11(12,13)14)6-10(18)16(7)4-3-15-8(2)17/h5-6H,3-4H2,1-2H3,(H,15,17). The maximum atomic E-state index is 12.4. The zero-order valence-electron chi connectivity index (χ0n) is 9.97. The summed E-state index contributed by atoms with van der Waals surface area (Å²) in [6.07, 6.45) is -4.53. The predicted octanol–water partition coefficient (Wildman–Crippen LogP) is 1.31. The topological polar surface area (TPSA) is 51.1 Å². The van der Waals surface area contributed by atoms with Gasteiger partial charge in [0.2, 0.25) is 5.91 Å². The van der Waals surface area contributed by atoms with Gasteiger partial charge in [-0.3, -0.25) is 9.59 Å². The van der Waals surface area contributed by atoms with Gasteiger partial charge in [0.05, 0.1) is 5.56 Å². The fourth-order valence-corrected chi connectivity index (χ4v) is 1.52. The Balaban J connectivity index is 2.95. The smallest absolute Gasteiger partial charge is 0.355 e. The third-order valence-electron chi connectivity index (χ3n) is 2.37. The molecule has 0 bridgehead atoms. The number of nitrogens with one attached hydrogen (secondary N) is 1. The lowest BCUT2D eigenvalue weighted by molar-refractivity contribution is -0.137. The molecule has 0 unspecified atom stereocenters. The number of halogens is 3. The molecule has 18 heavy (non-hydrogen) atoms. The van der Waals surface area contributed by atoms with Crippen molar-refractivity contribution in [1.82, 2.24) is 9.88 Å². The Bertz CT molecular complexity index is 506. The first kappa shape index (κ1) is 14.3. The van der Waals surface area contributed by atoms with E-state index in [0.717, 1.165) is 6.07 Å². The highest BCUT2D eigenvalue weighted by atomic mass is 19.4. The van der Waals surface area contributed by atoms with E-state index in [2.05, 4.69) is 5.32 Å². The van der Waals surface area contributed by atoms with Crippen molar-refractivity contribution in [3.8, 4) is 0 Å². The molecule has 0 aromatic carbocycles. The molecule has 0 aliphatic rings. The summed E-state index contributed by atoms with van der Waals surface area (Å²) >= 11 is 0. The molecule has 1 N–H and O–H groups in total. The van der Waals surface area contributed by atoms with Crippen molar-refractivity contribution >= 4 is 5.91 Å². The third-order valence-corrected chi connectivity index (χ3v) is 2.37. The van der Waals surface area contributed by atoms with Gasteiger partial charge >= 0.3 is 6.18 Å². The second-order valence-corrected chi connectivity index (χ2v) is 3.86. The minimum Gasteiger partial charge on any atom is -0.355 e. The van der Waals surface area contributed by atoms with Crippen molar-refractivity contribution in [1.29, 1.82) is 0 Å². The number of aryl methyl sites for hydroxylation is 1. The van der Waals surface area contributed by atoms with Crippen molar-refractivity contribution in [2.75, 3.05) is 6.54 Å². The summed E-state index contributed by atoms with van der Waals surface area (Å²) in [6, 6.07) is 1.47. The van der Waals surface area contributed by atoms with Crippen LogP contribution in [0.5, 0.6) is 0 Å². The van der Waals surface area contributed by atoms with Gasteiger partial charge in [0, 0.05) is 31.8 Å². The third kappa shape index (κ3) is 3.61. The van der Waals surface area contributed by atoms with E-state index in [1.54, 1.807) is 0 Å². The maximum absolute atomic E-state index is 12.4. The number of aromatic nitrogens is 1. The Morgan fingerprint density at radius 1 is 1.39 bits per heavy atom. The summed E-state index contributed by atoms with van der Waals surface area (Å²) < 4.78 is 38.5. The number of rotatable bonds is 3. The van der Waals surface area contributed by atoms with Gasteiger partial charge in [-0.15, -0.1) is 0 Å². The number of carbonyl (C=O) groups is 1.